The lowest BCUT2D eigenvalue weighted by Gasteiger charge is -2.10. The lowest BCUT2D eigenvalue weighted by Crippen LogP contribution is -2.15. The number of hydrogen-bond donors (Lipinski definition) is 2. The highest BCUT2D eigenvalue weighted by Crippen LogP contribution is 2.08. The zero-order chi connectivity index (χ0) is 13.4. The molecular formula is C12H22N4O2. The number of nitrogens with two attached hydrogens (primary N) is 1. The maximum absolute atomic E-state index is 5.71. The molecule has 3 N–H and O–H groups in total. The fourth-order valence-corrected chi connectivity index (χ4v) is 1.34. The van der Waals surface area contributed by atoms with Gasteiger partial charge < -0.3 is 20.5 Å². The Morgan fingerprint density at radius 2 is 2.17 bits per heavy atom. The lowest BCUT2D eigenvalue weighted by molar-refractivity contribution is 0.0870. The third-order valence-electron chi connectivity index (χ3n) is 2.09. The Morgan fingerprint density at radius 3 is 2.83 bits per heavy atom. The molecule has 1 heterocycles. The lowest BCUT2D eigenvalue weighted by atomic mass is 10.4. The number of ether oxygens (including phenoxy) is 2. The van der Waals surface area contributed by atoms with Crippen molar-refractivity contribution in [3.63, 3.8) is 0 Å². The molecule has 0 bridgehead atoms. The Hall–Kier alpha value is -1.40. The predicted molar refractivity (Wildman–Crippen MR) is 71.4 cm³/mol. The topological polar surface area (TPSA) is 82.3 Å². The van der Waals surface area contributed by atoms with Crippen LogP contribution < -0.4 is 11.1 Å². The Labute approximate surface area is 108 Å². The van der Waals surface area contributed by atoms with Crippen molar-refractivity contribution in [2.45, 2.75) is 33.5 Å². The summed E-state index contributed by atoms with van der Waals surface area (Å²) in [4.78, 5) is 8.40. The van der Waals surface area contributed by atoms with E-state index in [1.165, 1.54) is 0 Å². The van der Waals surface area contributed by atoms with Crippen LogP contribution in [-0.2, 0) is 16.1 Å². The van der Waals surface area contributed by atoms with E-state index < -0.39 is 0 Å². The van der Waals surface area contributed by atoms with Gasteiger partial charge >= 0.3 is 0 Å². The van der Waals surface area contributed by atoms with Crippen LogP contribution in [0.2, 0.25) is 0 Å². The van der Waals surface area contributed by atoms with Gasteiger partial charge in [0.05, 0.1) is 12.7 Å². The summed E-state index contributed by atoms with van der Waals surface area (Å²) < 4.78 is 10.7. The van der Waals surface area contributed by atoms with Crippen molar-refractivity contribution in [1.29, 1.82) is 0 Å². The first kappa shape index (κ1) is 14.7. The summed E-state index contributed by atoms with van der Waals surface area (Å²) >= 11 is 0. The van der Waals surface area contributed by atoms with Gasteiger partial charge in [0.1, 0.15) is 18.2 Å². The highest BCUT2D eigenvalue weighted by Gasteiger charge is 2.02. The zero-order valence-electron chi connectivity index (χ0n) is 11.3. The van der Waals surface area contributed by atoms with Gasteiger partial charge in [0, 0.05) is 19.2 Å². The van der Waals surface area contributed by atoms with E-state index in [9.17, 15) is 0 Å². The first-order chi connectivity index (χ1) is 8.61. The molecule has 0 aliphatic rings. The monoisotopic (exact) mass is 254 g/mol. The van der Waals surface area contributed by atoms with Gasteiger partial charge in [-0.1, -0.05) is 0 Å². The Morgan fingerprint density at radius 1 is 1.39 bits per heavy atom. The third kappa shape index (κ3) is 5.79. The number of aromatic nitrogens is 2. The second-order valence-corrected chi connectivity index (χ2v) is 4.08. The number of nitrogens with one attached hydrogen (secondary N) is 1. The molecule has 1 rings (SSSR count). The van der Waals surface area contributed by atoms with Crippen LogP contribution in [0, 0.1) is 0 Å². The van der Waals surface area contributed by atoms with Gasteiger partial charge in [0.2, 0.25) is 0 Å². The van der Waals surface area contributed by atoms with Crippen molar-refractivity contribution >= 4 is 11.6 Å². The van der Waals surface area contributed by atoms with Gasteiger partial charge in [-0.05, 0) is 20.8 Å². The van der Waals surface area contributed by atoms with Crippen LogP contribution >= 0.6 is 0 Å². The first-order valence-electron chi connectivity index (χ1n) is 6.18. The first-order valence-corrected chi connectivity index (χ1v) is 6.18. The quantitative estimate of drug-likeness (QED) is 0.683. The Kier molecular flexibility index (Phi) is 6.38. The standard InChI is InChI=1S/C12H22N4O2/c1-4-17-8-12-15-10(13)7-11(16-12)14-5-6-18-9(2)3/h7,9H,4-6,8H2,1-3H3,(H3,13,14,15,16). The van der Waals surface area contributed by atoms with E-state index >= 15 is 0 Å². The Balaban J connectivity index is 2.46. The molecule has 0 unspecified atom stereocenters. The summed E-state index contributed by atoms with van der Waals surface area (Å²) in [7, 11) is 0. The minimum atomic E-state index is 0.232. The van der Waals surface area contributed by atoms with Crippen molar-refractivity contribution in [3.8, 4) is 0 Å². The summed E-state index contributed by atoms with van der Waals surface area (Å²) in [6, 6.07) is 1.70. The van der Waals surface area contributed by atoms with Crippen LogP contribution in [0.15, 0.2) is 6.07 Å². The van der Waals surface area contributed by atoms with E-state index in [2.05, 4.69) is 15.3 Å². The maximum Gasteiger partial charge on any atom is 0.158 e. The van der Waals surface area contributed by atoms with Crippen molar-refractivity contribution in [2.75, 3.05) is 30.8 Å². The summed E-state index contributed by atoms with van der Waals surface area (Å²) in [5, 5.41) is 3.15. The molecule has 0 saturated heterocycles. The molecule has 0 amide bonds. The van der Waals surface area contributed by atoms with E-state index in [1.54, 1.807) is 6.07 Å². The van der Waals surface area contributed by atoms with E-state index in [4.69, 9.17) is 15.2 Å². The minimum absolute atomic E-state index is 0.232. The normalized spacial score (nSPS) is 10.9. The van der Waals surface area contributed by atoms with E-state index in [-0.39, 0.29) is 6.10 Å². The number of nitrogen functional groups attached to an aromatic ring is 1. The zero-order valence-corrected chi connectivity index (χ0v) is 11.3. The van der Waals surface area contributed by atoms with Gasteiger partial charge in [0.25, 0.3) is 0 Å². The molecule has 0 saturated carbocycles. The minimum Gasteiger partial charge on any atom is -0.384 e. The largest absolute Gasteiger partial charge is 0.384 e. The average molecular weight is 254 g/mol. The second-order valence-electron chi connectivity index (χ2n) is 4.08. The van der Waals surface area contributed by atoms with Crippen molar-refractivity contribution < 1.29 is 9.47 Å². The fraction of sp³-hybridized carbons (Fsp3) is 0.667. The van der Waals surface area contributed by atoms with Gasteiger partial charge in [-0.15, -0.1) is 0 Å². The predicted octanol–water partition coefficient (Wildman–Crippen LogP) is 1.43. The molecule has 0 spiro atoms. The maximum atomic E-state index is 5.71. The second kappa shape index (κ2) is 7.84. The summed E-state index contributed by atoms with van der Waals surface area (Å²) in [6.45, 7) is 8.24. The third-order valence-corrected chi connectivity index (χ3v) is 2.09. The van der Waals surface area contributed by atoms with Crippen LogP contribution in [0.1, 0.15) is 26.6 Å². The van der Waals surface area contributed by atoms with Gasteiger partial charge in [-0.2, -0.15) is 0 Å². The van der Waals surface area contributed by atoms with Crippen LogP contribution in [0.4, 0.5) is 11.6 Å². The molecule has 6 nitrogen and oxygen atoms in total. The summed E-state index contributed by atoms with van der Waals surface area (Å²) in [5.74, 6) is 1.72. The molecule has 0 atom stereocenters. The number of hydrogen-bond acceptors (Lipinski definition) is 6. The van der Waals surface area contributed by atoms with Gasteiger partial charge in [-0.25, -0.2) is 9.97 Å². The van der Waals surface area contributed by atoms with Crippen molar-refractivity contribution in [2.24, 2.45) is 0 Å². The molecule has 1 aromatic heterocycles. The average Bonchev–Trinajstić information content (AvgIpc) is 2.31. The molecule has 0 aromatic carbocycles. The van der Waals surface area contributed by atoms with E-state index in [0.29, 0.717) is 43.8 Å². The number of rotatable bonds is 8. The molecule has 0 fully saturated rings. The molecule has 0 aliphatic carbocycles. The van der Waals surface area contributed by atoms with Crippen LogP contribution in [-0.4, -0.2) is 35.8 Å². The molecule has 102 valence electrons. The molecule has 6 heteroatoms. The summed E-state index contributed by atoms with van der Waals surface area (Å²) in [6.07, 6.45) is 0.232. The van der Waals surface area contributed by atoms with Crippen molar-refractivity contribution in [1.82, 2.24) is 9.97 Å². The van der Waals surface area contributed by atoms with E-state index in [1.807, 2.05) is 20.8 Å². The van der Waals surface area contributed by atoms with Crippen LogP contribution in [0.3, 0.4) is 0 Å². The molecule has 0 aliphatic heterocycles. The number of nitrogens with zero attached hydrogens (tertiary/aromatic N) is 2. The van der Waals surface area contributed by atoms with E-state index in [0.717, 1.165) is 0 Å². The number of anilines is 2. The van der Waals surface area contributed by atoms with Crippen LogP contribution in [0.25, 0.3) is 0 Å². The van der Waals surface area contributed by atoms with Crippen molar-refractivity contribution in [3.05, 3.63) is 11.9 Å². The molecular weight excluding hydrogens is 232 g/mol. The molecule has 18 heavy (non-hydrogen) atoms. The molecule has 1 aromatic rings. The fourth-order valence-electron chi connectivity index (χ4n) is 1.34. The van der Waals surface area contributed by atoms with Crippen LogP contribution in [0.5, 0.6) is 0 Å². The SMILES string of the molecule is CCOCc1nc(N)cc(NCCOC(C)C)n1. The smallest absolute Gasteiger partial charge is 0.158 e. The van der Waals surface area contributed by atoms with Gasteiger partial charge in [0.15, 0.2) is 5.82 Å². The molecule has 0 radical (unpaired) electrons. The highest BCUT2D eigenvalue weighted by atomic mass is 16.5. The Bertz CT molecular complexity index is 358. The summed E-state index contributed by atoms with van der Waals surface area (Å²) in [5.41, 5.74) is 5.71. The highest BCUT2D eigenvalue weighted by molar-refractivity contribution is 5.44. The van der Waals surface area contributed by atoms with Gasteiger partial charge in [-0.3, -0.25) is 0 Å².